The van der Waals surface area contributed by atoms with E-state index in [0.29, 0.717) is 12.0 Å². The van der Waals surface area contributed by atoms with Crippen LogP contribution < -0.4 is 5.43 Å². The molecule has 1 amide bonds. The molecular weight excluding hydrogens is 340 g/mol. The van der Waals surface area contributed by atoms with Crippen molar-refractivity contribution in [3.8, 4) is 11.8 Å². The van der Waals surface area contributed by atoms with Gasteiger partial charge in [0, 0.05) is 17.5 Å². The van der Waals surface area contributed by atoms with Crippen molar-refractivity contribution in [1.29, 1.82) is 0 Å². The topological polar surface area (TPSA) is 58.6 Å². The number of hydrogen-bond donors (Lipinski definition) is 1. The van der Waals surface area contributed by atoms with E-state index in [1.54, 1.807) is 31.2 Å². The zero-order valence-corrected chi connectivity index (χ0v) is 15.4. The quantitative estimate of drug-likeness (QED) is 0.674. The van der Waals surface area contributed by atoms with Crippen LogP contribution in [0.1, 0.15) is 36.2 Å². The molecule has 1 N–H and O–H groups in total. The second-order valence-electron chi connectivity index (χ2n) is 6.53. The maximum absolute atomic E-state index is 13.0. The Balaban J connectivity index is 1.93. The summed E-state index contributed by atoms with van der Waals surface area (Å²) in [5.74, 6) is 5.70. The summed E-state index contributed by atoms with van der Waals surface area (Å²) in [6, 6.07) is 17.9. The van der Waals surface area contributed by atoms with E-state index in [1.165, 1.54) is 5.01 Å². The molecule has 2 unspecified atom stereocenters. The van der Waals surface area contributed by atoms with E-state index in [2.05, 4.69) is 17.3 Å². The summed E-state index contributed by atoms with van der Waals surface area (Å²) in [7, 11) is 0. The number of hydrazine groups is 1. The van der Waals surface area contributed by atoms with Gasteiger partial charge in [-0.3, -0.25) is 14.6 Å². The molecule has 1 heterocycles. The first-order valence-electron chi connectivity index (χ1n) is 8.94. The molecule has 2 atom stereocenters. The first-order valence-corrected chi connectivity index (χ1v) is 8.94. The monoisotopic (exact) mass is 362 g/mol. The molecule has 0 bridgehead atoms. The first kappa shape index (κ1) is 18.7. The third-order valence-electron chi connectivity index (χ3n) is 4.42. The fourth-order valence-electron chi connectivity index (χ4n) is 3.04. The largest absolute Gasteiger partial charge is 0.465 e. The van der Waals surface area contributed by atoms with Gasteiger partial charge in [0.25, 0.3) is 5.91 Å². The number of hydrogen-bond acceptors (Lipinski definition) is 4. The number of esters is 1. The highest BCUT2D eigenvalue weighted by Crippen LogP contribution is 2.28. The standard InChI is InChI=1S/C22H22N2O3/c1-3-27-21(26)19-16-22(2,15-14-17-10-6-4-7-11-17)24(23-19)20(25)18-12-8-5-9-13-18/h4-13,19,23H,3,16H2,1-2H3. The van der Waals surface area contributed by atoms with Crippen LogP contribution in [0, 0.1) is 11.8 Å². The zero-order valence-electron chi connectivity index (χ0n) is 15.4. The maximum Gasteiger partial charge on any atom is 0.325 e. The predicted octanol–water partition coefficient (Wildman–Crippen LogP) is 2.78. The number of benzene rings is 2. The molecule has 1 aliphatic heterocycles. The molecule has 0 saturated carbocycles. The minimum Gasteiger partial charge on any atom is -0.465 e. The van der Waals surface area contributed by atoms with Crippen LogP contribution in [0.4, 0.5) is 0 Å². The average Bonchev–Trinajstić information content (AvgIpc) is 3.05. The molecule has 1 aliphatic rings. The highest BCUT2D eigenvalue weighted by molar-refractivity contribution is 5.95. The summed E-state index contributed by atoms with van der Waals surface area (Å²) in [5.41, 5.74) is 3.54. The predicted molar refractivity (Wildman–Crippen MR) is 103 cm³/mol. The molecule has 0 aromatic heterocycles. The second-order valence-corrected chi connectivity index (χ2v) is 6.53. The van der Waals surface area contributed by atoms with Crippen LogP contribution in [0.15, 0.2) is 60.7 Å². The van der Waals surface area contributed by atoms with Crippen LogP contribution in [-0.2, 0) is 9.53 Å². The van der Waals surface area contributed by atoms with Crippen molar-refractivity contribution in [1.82, 2.24) is 10.4 Å². The Bertz CT molecular complexity index is 871. The third kappa shape index (κ3) is 4.18. The lowest BCUT2D eigenvalue weighted by Gasteiger charge is -2.29. The molecule has 5 nitrogen and oxygen atoms in total. The lowest BCUT2D eigenvalue weighted by atomic mass is 9.94. The van der Waals surface area contributed by atoms with Crippen LogP contribution in [-0.4, -0.2) is 35.1 Å². The molecule has 1 saturated heterocycles. The molecule has 3 rings (SSSR count). The summed E-state index contributed by atoms with van der Waals surface area (Å²) in [5, 5.41) is 1.46. The Kier molecular flexibility index (Phi) is 5.58. The molecule has 5 heteroatoms. The Hall–Kier alpha value is -3.10. The van der Waals surface area contributed by atoms with Gasteiger partial charge in [-0.05, 0) is 38.1 Å². The van der Waals surface area contributed by atoms with E-state index in [-0.39, 0.29) is 18.5 Å². The van der Waals surface area contributed by atoms with Gasteiger partial charge in [-0.1, -0.05) is 48.2 Å². The van der Waals surface area contributed by atoms with E-state index >= 15 is 0 Å². The minimum atomic E-state index is -0.847. The van der Waals surface area contributed by atoms with Gasteiger partial charge in [0.15, 0.2) is 0 Å². The average molecular weight is 362 g/mol. The summed E-state index contributed by atoms with van der Waals surface area (Å²) < 4.78 is 5.13. The number of nitrogens with zero attached hydrogens (tertiary/aromatic N) is 1. The molecule has 0 aliphatic carbocycles. The van der Waals surface area contributed by atoms with Crippen LogP contribution in [0.3, 0.4) is 0 Å². The van der Waals surface area contributed by atoms with Gasteiger partial charge in [-0.2, -0.15) is 0 Å². The number of carbonyl (C=O) groups excluding carboxylic acids is 2. The number of carbonyl (C=O) groups is 2. The van der Waals surface area contributed by atoms with Gasteiger partial charge in [-0.25, -0.2) is 5.43 Å². The van der Waals surface area contributed by atoms with Gasteiger partial charge in [-0.15, -0.1) is 0 Å². The molecule has 27 heavy (non-hydrogen) atoms. The fourth-order valence-corrected chi connectivity index (χ4v) is 3.04. The molecule has 2 aromatic rings. The SMILES string of the molecule is CCOC(=O)C1CC(C)(C#Cc2ccccc2)N(C(=O)c2ccccc2)N1. The van der Waals surface area contributed by atoms with E-state index in [0.717, 1.165) is 5.56 Å². The van der Waals surface area contributed by atoms with Crippen molar-refractivity contribution >= 4 is 11.9 Å². The molecule has 0 spiro atoms. The van der Waals surface area contributed by atoms with Gasteiger partial charge >= 0.3 is 5.97 Å². The van der Waals surface area contributed by atoms with E-state index < -0.39 is 11.6 Å². The van der Waals surface area contributed by atoms with E-state index in [1.807, 2.05) is 43.3 Å². The molecule has 138 valence electrons. The van der Waals surface area contributed by atoms with E-state index in [9.17, 15) is 9.59 Å². The van der Waals surface area contributed by atoms with Gasteiger partial charge in [0.1, 0.15) is 11.6 Å². The molecule has 1 fully saturated rings. The smallest absolute Gasteiger partial charge is 0.325 e. The number of rotatable bonds is 3. The minimum absolute atomic E-state index is 0.229. The van der Waals surface area contributed by atoms with Crippen molar-refractivity contribution < 1.29 is 14.3 Å². The van der Waals surface area contributed by atoms with Gasteiger partial charge in [0.05, 0.1) is 6.61 Å². The van der Waals surface area contributed by atoms with Crippen molar-refractivity contribution in [2.24, 2.45) is 0 Å². The van der Waals surface area contributed by atoms with Gasteiger partial charge < -0.3 is 4.74 Å². The number of ether oxygens (including phenoxy) is 1. The molecular formula is C22H22N2O3. The summed E-state index contributed by atoms with van der Waals surface area (Å²) in [6.07, 6.45) is 0.351. The van der Waals surface area contributed by atoms with E-state index in [4.69, 9.17) is 4.74 Å². The third-order valence-corrected chi connectivity index (χ3v) is 4.42. The summed E-state index contributed by atoms with van der Waals surface area (Å²) in [6.45, 7) is 3.90. The first-order chi connectivity index (χ1) is 13.0. The molecule has 0 radical (unpaired) electrons. The Morgan fingerprint density at radius 1 is 1.15 bits per heavy atom. The Labute approximate surface area is 159 Å². The van der Waals surface area contributed by atoms with Crippen molar-refractivity contribution in [3.63, 3.8) is 0 Å². The lowest BCUT2D eigenvalue weighted by molar-refractivity contribution is -0.145. The normalized spacial score (nSPS) is 21.3. The highest BCUT2D eigenvalue weighted by atomic mass is 16.5. The fraction of sp³-hybridized carbons (Fsp3) is 0.273. The highest BCUT2D eigenvalue weighted by Gasteiger charge is 2.47. The van der Waals surface area contributed by atoms with Crippen LogP contribution in [0.2, 0.25) is 0 Å². The maximum atomic E-state index is 13.0. The van der Waals surface area contributed by atoms with Crippen LogP contribution in [0.25, 0.3) is 0 Å². The summed E-state index contributed by atoms with van der Waals surface area (Å²) in [4.78, 5) is 25.3. The second kappa shape index (κ2) is 8.07. The summed E-state index contributed by atoms with van der Waals surface area (Å²) >= 11 is 0. The van der Waals surface area contributed by atoms with Gasteiger partial charge in [0.2, 0.25) is 0 Å². The Morgan fingerprint density at radius 2 is 1.78 bits per heavy atom. The lowest BCUT2D eigenvalue weighted by Crippen LogP contribution is -2.50. The van der Waals surface area contributed by atoms with Crippen molar-refractivity contribution in [2.45, 2.75) is 31.8 Å². The number of amides is 1. The van der Waals surface area contributed by atoms with Crippen LogP contribution in [0.5, 0.6) is 0 Å². The Morgan fingerprint density at radius 3 is 2.41 bits per heavy atom. The molecule has 2 aromatic carbocycles. The van der Waals surface area contributed by atoms with Crippen LogP contribution >= 0.6 is 0 Å². The zero-order chi connectivity index (χ0) is 19.3. The van der Waals surface area contributed by atoms with Crippen molar-refractivity contribution in [3.05, 3.63) is 71.8 Å². The number of nitrogens with one attached hydrogen (secondary N) is 1. The van der Waals surface area contributed by atoms with Crippen molar-refractivity contribution in [2.75, 3.05) is 6.61 Å².